The van der Waals surface area contributed by atoms with Crippen LogP contribution in [0.5, 0.6) is 0 Å². The van der Waals surface area contributed by atoms with Crippen molar-refractivity contribution in [2.75, 3.05) is 23.8 Å². The summed E-state index contributed by atoms with van der Waals surface area (Å²) in [6.45, 7) is 0.331. The number of anilines is 4. The van der Waals surface area contributed by atoms with Gasteiger partial charge in [0, 0.05) is 41.9 Å². The zero-order valence-electron chi connectivity index (χ0n) is 18.2. The first-order chi connectivity index (χ1) is 16.5. The highest BCUT2D eigenvalue weighted by molar-refractivity contribution is 9.10. The quantitative estimate of drug-likeness (QED) is 0.318. The Morgan fingerprint density at radius 1 is 1.17 bits per heavy atom. The van der Waals surface area contributed by atoms with Gasteiger partial charge in [0.2, 0.25) is 5.95 Å². The molecule has 1 atom stereocenters. The molecule has 2 heterocycles. The predicted octanol–water partition coefficient (Wildman–Crippen LogP) is 5.61. The molecule has 0 bridgehead atoms. The molecule has 35 heavy (non-hydrogen) atoms. The van der Waals surface area contributed by atoms with Gasteiger partial charge >= 0.3 is 14.2 Å². The SMILES string of the molecule is CN1Cc2c(Br)ccc(Nc3nc(Nc4ccc(CC[P+](=O)O)cc4)ncc3C(F)(F)F)c2C1=O. The number of nitrogens with zero attached hydrogens (tertiary/aromatic N) is 3. The number of fused-ring (bicyclic) bond motifs is 1. The van der Waals surface area contributed by atoms with E-state index in [9.17, 15) is 22.5 Å². The van der Waals surface area contributed by atoms with Crippen molar-refractivity contribution in [3.63, 3.8) is 0 Å². The Labute approximate surface area is 207 Å². The number of halogens is 4. The molecule has 3 N–H and O–H groups in total. The number of rotatable bonds is 7. The van der Waals surface area contributed by atoms with Gasteiger partial charge in [0.15, 0.2) is 6.16 Å². The Bertz CT molecular complexity index is 1300. The molecular weight excluding hydrogens is 550 g/mol. The van der Waals surface area contributed by atoms with Crippen LogP contribution in [0.15, 0.2) is 47.1 Å². The van der Waals surface area contributed by atoms with Gasteiger partial charge in [-0.15, -0.1) is 0 Å². The number of alkyl halides is 3. The molecule has 1 aromatic heterocycles. The molecule has 0 spiro atoms. The van der Waals surface area contributed by atoms with Gasteiger partial charge in [0.1, 0.15) is 11.4 Å². The van der Waals surface area contributed by atoms with E-state index < -0.39 is 25.6 Å². The normalized spacial score (nSPS) is 13.6. The maximum Gasteiger partial charge on any atom is 0.505 e. The molecule has 0 saturated heterocycles. The van der Waals surface area contributed by atoms with Crippen molar-refractivity contribution in [2.24, 2.45) is 0 Å². The summed E-state index contributed by atoms with van der Waals surface area (Å²) in [5, 5.41) is 5.55. The van der Waals surface area contributed by atoms with E-state index in [2.05, 4.69) is 36.5 Å². The third kappa shape index (κ3) is 5.61. The van der Waals surface area contributed by atoms with E-state index in [0.29, 0.717) is 34.9 Å². The fraction of sp³-hybridized carbons (Fsp3) is 0.227. The maximum atomic E-state index is 13.7. The second kappa shape index (κ2) is 9.88. The van der Waals surface area contributed by atoms with Crippen molar-refractivity contribution < 1.29 is 27.4 Å². The molecule has 0 fully saturated rings. The molecule has 8 nitrogen and oxygen atoms in total. The highest BCUT2D eigenvalue weighted by Gasteiger charge is 2.36. The van der Waals surface area contributed by atoms with E-state index >= 15 is 0 Å². The van der Waals surface area contributed by atoms with E-state index in [-0.39, 0.29) is 29.3 Å². The third-order valence-corrected chi connectivity index (χ3v) is 6.71. The van der Waals surface area contributed by atoms with Crippen LogP contribution in [0.2, 0.25) is 0 Å². The van der Waals surface area contributed by atoms with Gasteiger partial charge in [-0.25, -0.2) is 4.98 Å². The Morgan fingerprint density at radius 3 is 2.54 bits per heavy atom. The monoisotopic (exact) mass is 568 g/mol. The number of hydrogen-bond acceptors (Lipinski definition) is 6. The first-order valence-electron chi connectivity index (χ1n) is 10.3. The van der Waals surface area contributed by atoms with Crippen LogP contribution in [-0.4, -0.2) is 38.9 Å². The van der Waals surface area contributed by atoms with Gasteiger partial charge in [-0.1, -0.05) is 28.1 Å². The lowest BCUT2D eigenvalue weighted by molar-refractivity contribution is -0.137. The van der Waals surface area contributed by atoms with E-state index in [1.165, 1.54) is 11.0 Å². The molecule has 182 valence electrons. The largest absolute Gasteiger partial charge is 0.505 e. The minimum Gasteiger partial charge on any atom is -0.339 e. The van der Waals surface area contributed by atoms with Gasteiger partial charge in [0.05, 0.1) is 11.3 Å². The summed E-state index contributed by atoms with van der Waals surface area (Å²) in [7, 11) is -0.617. The molecule has 0 saturated carbocycles. The van der Waals surface area contributed by atoms with Crippen molar-refractivity contribution in [3.05, 3.63) is 69.3 Å². The lowest BCUT2D eigenvalue weighted by Gasteiger charge is -2.16. The number of aryl methyl sites for hydroxylation is 1. The average Bonchev–Trinajstić information content (AvgIpc) is 3.10. The van der Waals surface area contributed by atoms with E-state index in [1.54, 1.807) is 37.4 Å². The zero-order chi connectivity index (χ0) is 25.3. The lowest BCUT2D eigenvalue weighted by atomic mass is 10.1. The molecular formula is C22H19BrF3N5O3P+. The van der Waals surface area contributed by atoms with Gasteiger partial charge in [-0.3, -0.25) is 4.79 Å². The summed E-state index contributed by atoms with van der Waals surface area (Å²) < 4.78 is 52.6. The first kappa shape index (κ1) is 25.0. The molecule has 4 rings (SSSR count). The van der Waals surface area contributed by atoms with Gasteiger partial charge in [0.25, 0.3) is 5.91 Å². The standard InChI is InChI=1S/C22H18BrF3N5O3P/c1-31-11-14-16(23)6-7-17(18(14)20(31)32)29-19-15(22(24,25)26)10-27-21(30-19)28-13-4-2-12(3-5-13)8-9-35(33)34/h2-7,10H,8-9,11H2,1H3,(H2-,27,28,29,30,32,33,34)/p+1. The van der Waals surface area contributed by atoms with Crippen LogP contribution in [0.25, 0.3) is 0 Å². The summed E-state index contributed by atoms with van der Waals surface area (Å²) in [5.41, 5.74) is 1.44. The summed E-state index contributed by atoms with van der Waals surface area (Å²) in [5.74, 6) is -0.885. The number of carbonyl (C=O) groups excluding carboxylic acids is 1. The van der Waals surface area contributed by atoms with Crippen LogP contribution in [0, 0.1) is 0 Å². The highest BCUT2D eigenvalue weighted by Crippen LogP contribution is 2.39. The van der Waals surface area contributed by atoms with Crippen molar-refractivity contribution >= 4 is 53.0 Å². The minimum absolute atomic E-state index is 0.0797. The Kier molecular flexibility index (Phi) is 7.07. The van der Waals surface area contributed by atoms with Crippen LogP contribution in [0.4, 0.5) is 36.3 Å². The second-order valence-corrected chi connectivity index (χ2v) is 9.84. The maximum absolute atomic E-state index is 13.7. The Balaban J connectivity index is 1.64. The molecule has 1 unspecified atom stereocenters. The van der Waals surface area contributed by atoms with Crippen LogP contribution >= 0.6 is 24.0 Å². The molecule has 0 aliphatic carbocycles. The fourth-order valence-corrected chi connectivity index (χ4v) is 4.51. The second-order valence-electron chi connectivity index (χ2n) is 7.84. The van der Waals surface area contributed by atoms with Crippen LogP contribution in [0.1, 0.15) is 27.0 Å². The number of aromatic nitrogens is 2. The smallest absolute Gasteiger partial charge is 0.339 e. The fourth-order valence-electron chi connectivity index (χ4n) is 3.61. The van der Waals surface area contributed by atoms with Crippen molar-refractivity contribution in [2.45, 2.75) is 19.1 Å². The lowest BCUT2D eigenvalue weighted by Crippen LogP contribution is -2.18. The third-order valence-electron chi connectivity index (χ3n) is 5.36. The molecule has 1 aliphatic rings. The minimum atomic E-state index is -4.73. The average molecular weight is 569 g/mol. The van der Waals surface area contributed by atoms with E-state index in [0.717, 1.165) is 5.56 Å². The van der Waals surface area contributed by atoms with Crippen LogP contribution in [0.3, 0.4) is 0 Å². The Hall–Kier alpha value is -3.08. The first-order valence-corrected chi connectivity index (χ1v) is 12.5. The predicted molar refractivity (Wildman–Crippen MR) is 128 cm³/mol. The van der Waals surface area contributed by atoms with Crippen molar-refractivity contribution in [1.82, 2.24) is 14.9 Å². The molecule has 13 heteroatoms. The summed E-state index contributed by atoms with van der Waals surface area (Å²) in [6.07, 6.45) is -3.49. The van der Waals surface area contributed by atoms with Crippen LogP contribution in [-0.2, 0) is 23.7 Å². The topological polar surface area (TPSA) is 107 Å². The molecule has 1 amide bonds. The molecule has 0 radical (unpaired) electrons. The molecule has 3 aromatic rings. The highest BCUT2D eigenvalue weighted by atomic mass is 79.9. The van der Waals surface area contributed by atoms with Gasteiger partial charge in [-0.05, 0) is 34.4 Å². The van der Waals surface area contributed by atoms with Gasteiger partial charge in [-0.2, -0.15) is 23.0 Å². The van der Waals surface area contributed by atoms with Crippen LogP contribution < -0.4 is 10.6 Å². The van der Waals surface area contributed by atoms with E-state index in [1.807, 2.05) is 0 Å². The summed E-state index contributed by atoms with van der Waals surface area (Å²) >= 11 is 3.39. The Morgan fingerprint density at radius 2 is 1.89 bits per heavy atom. The van der Waals surface area contributed by atoms with Crippen molar-refractivity contribution in [1.29, 1.82) is 0 Å². The van der Waals surface area contributed by atoms with E-state index in [4.69, 9.17) is 4.89 Å². The summed E-state index contributed by atoms with van der Waals surface area (Å²) in [4.78, 5) is 30.9. The number of nitrogens with one attached hydrogen (secondary N) is 2. The zero-order valence-corrected chi connectivity index (χ0v) is 20.7. The molecule has 1 aliphatic heterocycles. The summed E-state index contributed by atoms with van der Waals surface area (Å²) in [6, 6.07) is 9.99. The number of amides is 1. The number of benzene rings is 2. The number of hydrogen-bond donors (Lipinski definition) is 3. The number of carbonyl (C=O) groups is 1. The van der Waals surface area contributed by atoms with Gasteiger partial charge < -0.3 is 15.5 Å². The van der Waals surface area contributed by atoms with Crippen molar-refractivity contribution in [3.8, 4) is 0 Å². The molecule has 2 aromatic carbocycles.